The number of hydrogen-bond donors (Lipinski definition) is 3. The van der Waals surface area contributed by atoms with Crippen molar-refractivity contribution in [3.8, 4) is 0 Å². The van der Waals surface area contributed by atoms with E-state index in [2.05, 4.69) is 64.5 Å². The van der Waals surface area contributed by atoms with E-state index in [1.54, 1.807) is 0 Å². The Balaban J connectivity index is 1.58. The third-order valence-corrected chi connectivity index (χ3v) is 5.06. The van der Waals surface area contributed by atoms with E-state index in [1.165, 1.54) is 18.2 Å². The number of carbonyl (C=O) groups is 1. The number of benzene rings is 3. The normalized spacial score (nSPS) is 13.9. The molecule has 0 spiro atoms. The van der Waals surface area contributed by atoms with E-state index in [1.807, 2.05) is 30.3 Å². The van der Waals surface area contributed by atoms with Gasteiger partial charge in [0.1, 0.15) is 6.61 Å². The fourth-order valence-electron chi connectivity index (χ4n) is 3.56. The Bertz CT molecular complexity index is 1040. The molecule has 0 aliphatic carbocycles. The summed E-state index contributed by atoms with van der Waals surface area (Å²) in [6.07, 6.45) is 0. The maximum atomic E-state index is 11.6. The highest BCUT2D eigenvalue weighted by molar-refractivity contribution is 6.02. The highest BCUT2D eigenvalue weighted by atomic mass is 16.5. The van der Waals surface area contributed by atoms with Gasteiger partial charge in [-0.25, -0.2) is 0 Å². The summed E-state index contributed by atoms with van der Waals surface area (Å²) in [5.41, 5.74) is 7.89. The lowest BCUT2D eigenvalue weighted by Crippen LogP contribution is -2.26. The van der Waals surface area contributed by atoms with Crippen LogP contribution in [0.3, 0.4) is 0 Å². The van der Waals surface area contributed by atoms with Crippen LogP contribution >= 0.6 is 0 Å². The van der Waals surface area contributed by atoms with E-state index in [4.69, 9.17) is 4.74 Å². The minimum atomic E-state index is -0.122. The molecule has 0 unspecified atom stereocenters. The summed E-state index contributed by atoms with van der Waals surface area (Å²) in [5.74, 6) is -0.122. The summed E-state index contributed by atoms with van der Waals surface area (Å²) in [5, 5.41) is 9.95. The van der Waals surface area contributed by atoms with Crippen molar-refractivity contribution in [2.24, 2.45) is 0 Å². The van der Waals surface area contributed by atoms with Gasteiger partial charge in [-0.15, -0.1) is 0 Å². The largest absolute Gasteiger partial charge is 0.380 e. The fourth-order valence-corrected chi connectivity index (χ4v) is 3.56. The van der Waals surface area contributed by atoms with Crippen molar-refractivity contribution in [2.45, 2.75) is 6.54 Å². The van der Waals surface area contributed by atoms with Crippen molar-refractivity contribution < 1.29 is 9.53 Å². The van der Waals surface area contributed by atoms with Crippen LogP contribution in [0.5, 0.6) is 0 Å². The standard InChI is InChI=1S/C25H25N3O2/c1-30-17-24(29)27-15-18-11-13-20(14-12-18)28-25(19-7-3-2-4-8-19)22-16-26-23-10-6-5-9-21(22)23/h2-14,26,28H,15-17H2,1H3,(H,27,29)/b25-22+. The smallest absolute Gasteiger partial charge is 0.246 e. The van der Waals surface area contributed by atoms with Gasteiger partial charge < -0.3 is 20.7 Å². The first-order valence-corrected chi connectivity index (χ1v) is 9.98. The number of ether oxygens (including phenoxy) is 1. The van der Waals surface area contributed by atoms with Crippen molar-refractivity contribution in [2.75, 3.05) is 30.9 Å². The Morgan fingerprint density at radius 2 is 1.70 bits per heavy atom. The lowest BCUT2D eigenvalue weighted by atomic mass is 10.0. The molecule has 0 radical (unpaired) electrons. The molecule has 1 amide bonds. The number of nitrogens with one attached hydrogen (secondary N) is 3. The average Bonchev–Trinajstić information content (AvgIpc) is 3.22. The molecule has 3 N–H and O–H groups in total. The molecule has 0 saturated carbocycles. The zero-order chi connectivity index (χ0) is 20.8. The molecule has 4 rings (SSSR count). The van der Waals surface area contributed by atoms with Gasteiger partial charge in [0.05, 0.1) is 5.70 Å². The number of amides is 1. The third-order valence-electron chi connectivity index (χ3n) is 5.06. The zero-order valence-corrected chi connectivity index (χ0v) is 16.9. The summed E-state index contributed by atoms with van der Waals surface area (Å²) in [4.78, 5) is 11.6. The summed E-state index contributed by atoms with van der Waals surface area (Å²) in [6.45, 7) is 1.33. The molecule has 0 atom stereocenters. The molecule has 0 fully saturated rings. The highest BCUT2D eigenvalue weighted by Crippen LogP contribution is 2.36. The Morgan fingerprint density at radius 1 is 0.967 bits per heavy atom. The van der Waals surface area contributed by atoms with E-state index in [9.17, 15) is 4.79 Å². The lowest BCUT2D eigenvalue weighted by Gasteiger charge is -2.16. The molecule has 3 aromatic carbocycles. The number of anilines is 2. The maximum Gasteiger partial charge on any atom is 0.246 e. The van der Waals surface area contributed by atoms with Crippen LogP contribution in [-0.4, -0.2) is 26.2 Å². The predicted molar refractivity (Wildman–Crippen MR) is 122 cm³/mol. The van der Waals surface area contributed by atoms with Crippen LogP contribution in [0.4, 0.5) is 11.4 Å². The average molecular weight is 399 g/mol. The van der Waals surface area contributed by atoms with Crippen LogP contribution in [0.25, 0.3) is 11.3 Å². The van der Waals surface area contributed by atoms with Gasteiger partial charge in [-0.05, 0) is 29.3 Å². The maximum absolute atomic E-state index is 11.6. The lowest BCUT2D eigenvalue weighted by molar-refractivity contribution is -0.124. The van der Waals surface area contributed by atoms with Crippen LogP contribution < -0.4 is 16.0 Å². The molecule has 1 aliphatic heterocycles. The molecule has 5 nitrogen and oxygen atoms in total. The van der Waals surface area contributed by atoms with Gasteiger partial charge in [0.25, 0.3) is 0 Å². The van der Waals surface area contributed by atoms with E-state index < -0.39 is 0 Å². The summed E-state index contributed by atoms with van der Waals surface area (Å²) < 4.78 is 4.84. The molecule has 152 valence electrons. The van der Waals surface area contributed by atoms with Gasteiger partial charge >= 0.3 is 0 Å². The second kappa shape index (κ2) is 9.29. The Kier molecular flexibility index (Phi) is 6.11. The predicted octanol–water partition coefficient (Wildman–Crippen LogP) is 4.36. The molecule has 1 aliphatic rings. The molecule has 1 heterocycles. The number of rotatable bonds is 7. The number of methoxy groups -OCH3 is 1. The number of hydrogen-bond acceptors (Lipinski definition) is 4. The van der Waals surface area contributed by atoms with Crippen molar-refractivity contribution in [1.29, 1.82) is 0 Å². The zero-order valence-electron chi connectivity index (χ0n) is 16.9. The van der Waals surface area contributed by atoms with Crippen LogP contribution in [0.1, 0.15) is 16.7 Å². The van der Waals surface area contributed by atoms with Gasteiger partial charge in [0.2, 0.25) is 5.91 Å². The van der Waals surface area contributed by atoms with E-state index in [0.29, 0.717) is 6.54 Å². The summed E-state index contributed by atoms with van der Waals surface area (Å²) in [6, 6.07) is 26.9. The molecule has 0 bridgehead atoms. The topological polar surface area (TPSA) is 62.4 Å². The van der Waals surface area contributed by atoms with Gasteiger partial charge in [-0.1, -0.05) is 60.7 Å². The molecule has 3 aromatic rings. The minimum Gasteiger partial charge on any atom is -0.380 e. The van der Waals surface area contributed by atoms with Gasteiger partial charge in [-0.2, -0.15) is 0 Å². The second-order valence-corrected chi connectivity index (χ2v) is 7.15. The third kappa shape index (κ3) is 4.53. The van der Waals surface area contributed by atoms with Gasteiger partial charge in [-0.3, -0.25) is 4.79 Å². The molecular weight excluding hydrogens is 374 g/mol. The van der Waals surface area contributed by atoms with Crippen LogP contribution in [0.15, 0.2) is 78.9 Å². The SMILES string of the molecule is COCC(=O)NCc1ccc(N/C(=C2\CNc3ccccc32)c2ccccc2)cc1. The number of carbonyl (C=O) groups excluding carboxylic acids is 1. The minimum absolute atomic E-state index is 0.0726. The molecule has 30 heavy (non-hydrogen) atoms. The Labute approximate surface area is 176 Å². The summed E-state index contributed by atoms with van der Waals surface area (Å²) >= 11 is 0. The van der Waals surface area contributed by atoms with Crippen molar-refractivity contribution >= 4 is 28.6 Å². The Hall–Kier alpha value is -3.57. The van der Waals surface area contributed by atoms with E-state index in [-0.39, 0.29) is 12.5 Å². The summed E-state index contributed by atoms with van der Waals surface area (Å²) in [7, 11) is 1.51. The highest BCUT2D eigenvalue weighted by Gasteiger charge is 2.20. The molecule has 0 aromatic heterocycles. The molecule has 0 saturated heterocycles. The van der Waals surface area contributed by atoms with Crippen LogP contribution in [-0.2, 0) is 16.1 Å². The first kappa shape index (κ1) is 19.7. The van der Waals surface area contributed by atoms with Crippen molar-refractivity contribution in [1.82, 2.24) is 5.32 Å². The van der Waals surface area contributed by atoms with Crippen molar-refractivity contribution in [3.63, 3.8) is 0 Å². The van der Waals surface area contributed by atoms with E-state index >= 15 is 0 Å². The van der Waals surface area contributed by atoms with Gasteiger partial charge in [0, 0.05) is 42.7 Å². The second-order valence-electron chi connectivity index (χ2n) is 7.15. The quantitative estimate of drug-likeness (QED) is 0.553. The van der Waals surface area contributed by atoms with Crippen LogP contribution in [0, 0.1) is 0 Å². The number of fused-ring (bicyclic) bond motifs is 1. The molecular formula is C25H25N3O2. The van der Waals surface area contributed by atoms with E-state index in [0.717, 1.165) is 34.7 Å². The number of para-hydroxylation sites is 1. The monoisotopic (exact) mass is 399 g/mol. The first-order chi connectivity index (χ1) is 14.7. The first-order valence-electron chi connectivity index (χ1n) is 9.98. The van der Waals surface area contributed by atoms with Gasteiger partial charge in [0.15, 0.2) is 0 Å². The molecule has 5 heteroatoms. The Morgan fingerprint density at radius 3 is 2.47 bits per heavy atom. The van der Waals surface area contributed by atoms with Crippen LogP contribution in [0.2, 0.25) is 0 Å². The fraction of sp³-hybridized carbons (Fsp3) is 0.160. The van der Waals surface area contributed by atoms with Crippen molar-refractivity contribution in [3.05, 3.63) is 95.6 Å².